The molecule has 0 aliphatic heterocycles. The van der Waals surface area contributed by atoms with Crippen molar-refractivity contribution in [3.8, 4) is 0 Å². The van der Waals surface area contributed by atoms with Gasteiger partial charge in [0.25, 0.3) is 6.43 Å². The quantitative estimate of drug-likeness (QED) is 0.813. The molecular weight excluding hydrogens is 193 g/mol. The van der Waals surface area contributed by atoms with Gasteiger partial charge in [0.05, 0.1) is 11.9 Å². The fourth-order valence-electron chi connectivity index (χ4n) is 1.03. The SMILES string of the molecule is CNC(C)(c1ccc(F)cn1)C(F)F. The first-order valence-corrected chi connectivity index (χ1v) is 4.10. The summed E-state index contributed by atoms with van der Waals surface area (Å²) in [4.78, 5) is 3.62. The van der Waals surface area contributed by atoms with Crippen LogP contribution in [0.3, 0.4) is 0 Å². The van der Waals surface area contributed by atoms with E-state index in [0.717, 1.165) is 12.3 Å². The van der Waals surface area contributed by atoms with Crippen molar-refractivity contribution < 1.29 is 13.2 Å². The van der Waals surface area contributed by atoms with Crippen LogP contribution in [0.15, 0.2) is 18.3 Å². The van der Waals surface area contributed by atoms with Crippen molar-refractivity contribution in [3.05, 3.63) is 29.8 Å². The standard InChI is InChI=1S/C9H11F3N2/c1-9(13-2,8(11)12)7-4-3-6(10)5-14-7/h3-5,8,13H,1-2H3. The number of aromatic nitrogens is 1. The van der Waals surface area contributed by atoms with E-state index in [1.165, 1.54) is 20.0 Å². The number of nitrogens with one attached hydrogen (secondary N) is 1. The van der Waals surface area contributed by atoms with Gasteiger partial charge in [0.15, 0.2) is 0 Å². The Morgan fingerprint density at radius 1 is 1.43 bits per heavy atom. The third-order valence-corrected chi connectivity index (χ3v) is 2.22. The first-order valence-electron chi connectivity index (χ1n) is 4.10. The number of halogens is 3. The van der Waals surface area contributed by atoms with Crippen molar-refractivity contribution >= 4 is 0 Å². The second-order valence-electron chi connectivity index (χ2n) is 3.11. The molecule has 0 aromatic carbocycles. The van der Waals surface area contributed by atoms with Crippen molar-refractivity contribution in [2.45, 2.75) is 18.9 Å². The molecule has 14 heavy (non-hydrogen) atoms. The lowest BCUT2D eigenvalue weighted by Gasteiger charge is -2.27. The molecule has 2 nitrogen and oxygen atoms in total. The summed E-state index contributed by atoms with van der Waals surface area (Å²) in [6, 6.07) is 2.36. The topological polar surface area (TPSA) is 24.9 Å². The molecule has 1 heterocycles. The molecule has 1 atom stereocenters. The van der Waals surface area contributed by atoms with E-state index in [4.69, 9.17) is 0 Å². The zero-order valence-corrected chi connectivity index (χ0v) is 7.89. The van der Waals surface area contributed by atoms with Gasteiger partial charge >= 0.3 is 0 Å². The summed E-state index contributed by atoms with van der Waals surface area (Å²) in [5.41, 5.74) is -1.41. The highest BCUT2D eigenvalue weighted by molar-refractivity contribution is 5.16. The Morgan fingerprint density at radius 2 is 2.07 bits per heavy atom. The van der Waals surface area contributed by atoms with Crippen LogP contribution in [-0.2, 0) is 5.54 Å². The Kier molecular flexibility index (Phi) is 3.10. The minimum absolute atomic E-state index is 0.122. The molecule has 0 fully saturated rings. The maximum absolute atomic E-state index is 12.7. The Morgan fingerprint density at radius 3 is 2.43 bits per heavy atom. The van der Waals surface area contributed by atoms with Crippen LogP contribution in [0.1, 0.15) is 12.6 Å². The van der Waals surface area contributed by atoms with Gasteiger partial charge in [-0.1, -0.05) is 0 Å². The average Bonchev–Trinajstić information content (AvgIpc) is 2.17. The number of pyridine rings is 1. The molecule has 1 rings (SSSR count). The molecule has 0 saturated carbocycles. The van der Waals surface area contributed by atoms with Gasteiger partial charge in [-0.2, -0.15) is 0 Å². The van der Waals surface area contributed by atoms with Crippen LogP contribution in [0.5, 0.6) is 0 Å². The minimum Gasteiger partial charge on any atom is -0.305 e. The van der Waals surface area contributed by atoms with E-state index in [-0.39, 0.29) is 5.69 Å². The lowest BCUT2D eigenvalue weighted by atomic mass is 9.98. The predicted molar refractivity (Wildman–Crippen MR) is 46.6 cm³/mol. The molecule has 0 aliphatic rings. The van der Waals surface area contributed by atoms with Gasteiger partial charge in [-0.3, -0.25) is 4.98 Å². The monoisotopic (exact) mass is 204 g/mol. The Balaban J connectivity index is 3.06. The van der Waals surface area contributed by atoms with E-state index in [2.05, 4.69) is 10.3 Å². The average molecular weight is 204 g/mol. The predicted octanol–water partition coefficient (Wildman–Crippen LogP) is 1.92. The summed E-state index contributed by atoms with van der Waals surface area (Å²) < 4.78 is 37.9. The summed E-state index contributed by atoms with van der Waals surface area (Å²) in [7, 11) is 1.41. The van der Waals surface area contributed by atoms with Gasteiger partial charge in [0.2, 0.25) is 0 Å². The summed E-state index contributed by atoms with van der Waals surface area (Å²) in [6.45, 7) is 1.32. The van der Waals surface area contributed by atoms with E-state index in [0.29, 0.717) is 0 Å². The van der Waals surface area contributed by atoms with Crippen LogP contribution in [0, 0.1) is 5.82 Å². The third kappa shape index (κ3) is 1.87. The fraction of sp³-hybridized carbons (Fsp3) is 0.444. The van der Waals surface area contributed by atoms with Crippen LogP contribution in [0.25, 0.3) is 0 Å². The molecule has 1 N–H and O–H groups in total. The molecule has 1 aromatic heterocycles. The molecule has 0 radical (unpaired) electrons. The molecule has 0 spiro atoms. The van der Waals surface area contributed by atoms with Crippen LogP contribution in [-0.4, -0.2) is 18.5 Å². The van der Waals surface area contributed by atoms with E-state index >= 15 is 0 Å². The first kappa shape index (κ1) is 11.0. The lowest BCUT2D eigenvalue weighted by Crippen LogP contribution is -2.44. The second kappa shape index (κ2) is 3.96. The molecule has 78 valence electrons. The Labute approximate surface area is 80.2 Å². The van der Waals surface area contributed by atoms with Gasteiger partial charge in [0, 0.05) is 0 Å². The second-order valence-corrected chi connectivity index (χ2v) is 3.11. The van der Waals surface area contributed by atoms with Crippen LogP contribution in [0.4, 0.5) is 13.2 Å². The Bertz CT molecular complexity index is 299. The zero-order chi connectivity index (χ0) is 10.8. The largest absolute Gasteiger partial charge is 0.305 e. The lowest BCUT2D eigenvalue weighted by molar-refractivity contribution is 0.0406. The number of rotatable bonds is 3. The molecule has 0 aliphatic carbocycles. The zero-order valence-electron chi connectivity index (χ0n) is 7.89. The van der Waals surface area contributed by atoms with E-state index < -0.39 is 17.8 Å². The summed E-state index contributed by atoms with van der Waals surface area (Å²) in [5, 5.41) is 2.48. The molecule has 1 aromatic rings. The van der Waals surface area contributed by atoms with Gasteiger partial charge in [-0.25, -0.2) is 13.2 Å². The van der Waals surface area contributed by atoms with Crippen molar-refractivity contribution in [1.82, 2.24) is 10.3 Å². The van der Waals surface area contributed by atoms with Gasteiger partial charge in [-0.05, 0) is 26.1 Å². The fourth-order valence-corrected chi connectivity index (χ4v) is 1.03. The smallest absolute Gasteiger partial charge is 0.261 e. The van der Waals surface area contributed by atoms with Crippen LogP contribution < -0.4 is 5.32 Å². The molecule has 5 heteroatoms. The number of hydrogen-bond acceptors (Lipinski definition) is 2. The van der Waals surface area contributed by atoms with Gasteiger partial charge in [0.1, 0.15) is 11.4 Å². The van der Waals surface area contributed by atoms with E-state index in [1.807, 2.05) is 0 Å². The molecule has 0 saturated heterocycles. The molecule has 1 unspecified atom stereocenters. The molecule has 0 amide bonds. The highest BCUT2D eigenvalue weighted by atomic mass is 19.3. The maximum atomic E-state index is 12.7. The van der Waals surface area contributed by atoms with Crippen LogP contribution >= 0.6 is 0 Å². The van der Waals surface area contributed by atoms with Gasteiger partial charge < -0.3 is 5.32 Å². The number of alkyl halides is 2. The van der Waals surface area contributed by atoms with Crippen molar-refractivity contribution in [2.24, 2.45) is 0 Å². The number of hydrogen-bond donors (Lipinski definition) is 1. The molecular formula is C9H11F3N2. The highest BCUT2D eigenvalue weighted by Gasteiger charge is 2.36. The van der Waals surface area contributed by atoms with Crippen molar-refractivity contribution in [1.29, 1.82) is 0 Å². The maximum Gasteiger partial charge on any atom is 0.261 e. The Hall–Kier alpha value is -1.10. The third-order valence-electron chi connectivity index (χ3n) is 2.22. The number of nitrogens with zero attached hydrogens (tertiary/aromatic N) is 1. The summed E-state index contributed by atoms with van der Waals surface area (Å²) in [6.07, 6.45) is -1.68. The van der Waals surface area contributed by atoms with Crippen molar-refractivity contribution in [2.75, 3.05) is 7.05 Å². The summed E-state index contributed by atoms with van der Waals surface area (Å²) >= 11 is 0. The highest BCUT2D eigenvalue weighted by Crippen LogP contribution is 2.25. The first-order chi connectivity index (χ1) is 6.50. The van der Waals surface area contributed by atoms with Crippen molar-refractivity contribution in [3.63, 3.8) is 0 Å². The molecule has 0 bridgehead atoms. The van der Waals surface area contributed by atoms with Gasteiger partial charge in [-0.15, -0.1) is 0 Å². The van der Waals surface area contributed by atoms with Crippen LogP contribution in [0.2, 0.25) is 0 Å². The van der Waals surface area contributed by atoms with E-state index in [1.54, 1.807) is 0 Å². The minimum atomic E-state index is -2.61. The normalized spacial score (nSPS) is 15.6. The van der Waals surface area contributed by atoms with E-state index in [9.17, 15) is 13.2 Å². The summed E-state index contributed by atoms with van der Waals surface area (Å²) in [5.74, 6) is -0.540.